The Morgan fingerprint density at radius 3 is 2.77 bits per heavy atom. The molecule has 1 unspecified atom stereocenters. The normalized spacial score (nSPS) is 17.5. The first-order valence-electron chi connectivity index (χ1n) is 7.13. The molecule has 1 aliphatic rings. The van der Waals surface area contributed by atoms with E-state index in [1.54, 1.807) is 17.0 Å². The molecule has 0 N–H and O–H groups in total. The quantitative estimate of drug-likeness (QED) is 0.837. The summed E-state index contributed by atoms with van der Waals surface area (Å²) in [6.07, 6.45) is -0.353. The maximum atomic E-state index is 12.1. The minimum atomic E-state index is -0.353. The van der Waals surface area contributed by atoms with Gasteiger partial charge in [-0.05, 0) is 48.9 Å². The number of rotatable bonds is 4. The third-order valence-electron chi connectivity index (χ3n) is 3.53. The van der Waals surface area contributed by atoms with Crippen LogP contribution >= 0.6 is 11.6 Å². The summed E-state index contributed by atoms with van der Waals surface area (Å²) >= 11 is 5.91. The summed E-state index contributed by atoms with van der Waals surface area (Å²) in [5.74, 6) is 0.787. The van der Waals surface area contributed by atoms with E-state index in [0.29, 0.717) is 18.2 Å². The highest BCUT2D eigenvalue weighted by molar-refractivity contribution is 6.30. The summed E-state index contributed by atoms with van der Waals surface area (Å²) < 4.78 is 10.8. The van der Waals surface area contributed by atoms with E-state index >= 15 is 0 Å². The van der Waals surface area contributed by atoms with Crippen LogP contribution in [0.5, 0.6) is 5.75 Å². The van der Waals surface area contributed by atoms with Crippen LogP contribution in [-0.4, -0.2) is 19.3 Å². The van der Waals surface area contributed by atoms with Crippen molar-refractivity contribution in [1.29, 1.82) is 0 Å². The van der Waals surface area contributed by atoms with Crippen LogP contribution in [0.15, 0.2) is 48.5 Å². The van der Waals surface area contributed by atoms with Crippen molar-refractivity contribution in [2.75, 3.05) is 18.1 Å². The van der Waals surface area contributed by atoms with Gasteiger partial charge in [0, 0.05) is 10.7 Å². The first-order chi connectivity index (χ1) is 10.7. The molecule has 1 aliphatic heterocycles. The number of ether oxygens (including phenoxy) is 2. The van der Waals surface area contributed by atoms with Crippen molar-refractivity contribution in [3.05, 3.63) is 59.1 Å². The van der Waals surface area contributed by atoms with E-state index in [2.05, 4.69) is 0 Å². The maximum Gasteiger partial charge on any atom is 0.415 e. The van der Waals surface area contributed by atoms with E-state index < -0.39 is 0 Å². The molecule has 1 atom stereocenters. The number of carbonyl (C=O) groups excluding carboxylic acids is 1. The molecule has 114 valence electrons. The predicted octanol–water partition coefficient (Wildman–Crippen LogP) is 4.44. The van der Waals surface area contributed by atoms with Crippen LogP contribution in [0.1, 0.15) is 18.5 Å². The van der Waals surface area contributed by atoms with Crippen LogP contribution in [0.3, 0.4) is 0 Å². The third kappa shape index (κ3) is 2.88. The van der Waals surface area contributed by atoms with E-state index in [-0.39, 0.29) is 12.1 Å². The van der Waals surface area contributed by atoms with Crippen LogP contribution in [-0.2, 0) is 4.74 Å². The second kappa shape index (κ2) is 6.28. The monoisotopic (exact) mass is 317 g/mol. The van der Waals surface area contributed by atoms with E-state index in [1.165, 1.54) is 0 Å². The number of hydrogen-bond acceptors (Lipinski definition) is 3. The zero-order valence-corrected chi connectivity index (χ0v) is 12.9. The Kier molecular flexibility index (Phi) is 4.20. The largest absolute Gasteiger partial charge is 0.494 e. The molecule has 1 saturated heterocycles. The molecule has 4 nitrogen and oxygen atoms in total. The van der Waals surface area contributed by atoms with Gasteiger partial charge in [0.2, 0.25) is 0 Å². The van der Waals surface area contributed by atoms with Gasteiger partial charge in [0.15, 0.2) is 0 Å². The van der Waals surface area contributed by atoms with Gasteiger partial charge in [0.05, 0.1) is 12.6 Å². The minimum Gasteiger partial charge on any atom is -0.494 e. The zero-order chi connectivity index (χ0) is 15.5. The fourth-order valence-electron chi connectivity index (χ4n) is 2.53. The molecule has 2 aromatic rings. The highest BCUT2D eigenvalue weighted by atomic mass is 35.5. The van der Waals surface area contributed by atoms with Crippen molar-refractivity contribution in [3.63, 3.8) is 0 Å². The number of halogens is 1. The van der Waals surface area contributed by atoms with Gasteiger partial charge < -0.3 is 9.47 Å². The van der Waals surface area contributed by atoms with Crippen LogP contribution in [0.2, 0.25) is 5.02 Å². The summed E-state index contributed by atoms with van der Waals surface area (Å²) in [4.78, 5) is 13.7. The van der Waals surface area contributed by atoms with E-state index in [1.807, 2.05) is 43.3 Å². The van der Waals surface area contributed by atoms with Gasteiger partial charge >= 0.3 is 6.09 Å². The van der Waals surface area contributed by atoms with Gasteiger partial charge in [-0.2, -0.15) is 0 Å². The molecule has 22 heavy (non-hydrogen) atoms. The van der Waals surface area contributed by atoms with E-state index in [4.69, 9.17) is 21.1 Å². The Bertz CT molecular complexity index is 672. The molecule has 0 spiro atoms. The van der Waals surface area contributed by atoms with Gasteiger partial charge in [0.1, 0.15) is 12.4 Å². The summed E-state index contributed by atoms with van der Waals surface area (Å²) in [6.45, 7) is 2.86. The minimum absolute atomic E-state index is 0.172. The van der Waals surface area contributed by atoms with Crippen molar-refractivity contribution in [1.82, 2.24) is 0 Å². The van der Waals surface area contributed by atoms with Gasteiger partial charge in [-0.25, -0.2) is 4.79 Å². The Labute approximate surface area is 134 Å². The second-order valence-corrected chi connectivity index (χ2v) is 5.38. The Morgan fingerprint density at radius 1 is 1.27 bits per heavy atom. The van der Waals surface area contributed by atoms with Crippen molar-refractivity contribution >= 4 is 23.4 Å². The number of anilines is 1. The molecule has 3 rings (SSSR count). The van der Waals surface area contributed by atoms with Crippen molar-refractivity contribution in [2.24, 2.45) is 0 Å². The molecule has 1 fully saturated rings. The molecule has 1 amide bonds. The molecule has 0 aromatic heterocycles. The highest BCUT2D eigenvalue weighted by Crippen LogP contribution is 2.34. The SMILES string of the molecule is CCOc1cccc(C2COC(=O)N2c2ccc(Cl)cc2)c1. The molecule has 0 saturated carbocycles. The van der Waals surface area contributed by atoms with Crippen LogP contribution < -0.4 is 9.64 Å². The number of carbonyl (C=O) groups is 1. The molecule has 0 radical (unpaired) electrons. The Balaban J connectivity index is 1.93. The number of benzene rings is 2. The average molecular weight is 318 g/mol. The third-order valence-corrected chi connectivity index (χ3v) is 3.78. The number of nitrogens with zero attached hydrogens (tertiary/aromatic N) is 1. The number of amides is 1. The van der Waals surface area contributed by atoms with E-state index in [9.17, 15) is 4.79 Å². The first kappa shape index (κ1) is 14.7. The van der Waals surface area contributed by atoms with Crippen LogP contribution in [0.4, 0.5) is 10.5 Å². The van der Waals surface area contributed by atoms with Crippen molar-refractivity contribution < 1.29 is 14.3 Å². The molecule has 2 aromatic carbocycles. The number of cyclic esters (lactones) is 1. The molecular weight excluding hydrogens is 302 g/mol. The van der Waals surface area contributed by atoms with Gasteiger partial charge in [-0.1, -0.05) is 23.7 Å². The predicted molar refractivity (Wildman–Crippen MR) is 85.6 cm³/mol. The Morgan fingerprint density at radius 2 is 2.05 bits per heavy atom. The van der Waals surface area contributed by atoms with E-state index in [0.717, 1.165) is 17.0 Å². The first-order valence-corrected chi connectivity index (χ1v) is 7.51. The lowest BCUT2D eigenvalue weighted by molar-refractivity contribution is 0.179. The second-order valence-electron chi connectivity index (χ2n) is 4.94. The lowest BCUT2D eigenvalue weighted by Crippen LogP contribution is -2.27. The summed E-state index contributed by atoms with van der Waals surface area (Å²) in [5.41, 5.74) is 1.74. The zero-order valence-electron chi connectivity index (χ0n) is 12.2. The average Bonchev–Trinajstić information content (AvgIpc) is 2.91. The van der Waals surface area contributed by atoms with Gasteiger partial charge in [0.25, 0.3) is 0 Å². The Hall–Kier alpha value is -2.20. The summed E-state index contributed by atoms with van der Waals surface area (Å²) in [5, 5.41) is 0.631. The van der Waals surface area contributed by atoms with Gasteiger partial charge in [-0.15, -0.1) is 0 Å². The van der Waals surface area contributed by atoms with Crippen molar-refractivity contribution in [2.45, 2.75) is 13.0 Å². The van der Waals surface area contributed by atoms with Crippen LogP contribution in [0.25, 0.3) is 0 Å². The molecule has 0 aliphatic carbocycles. The summed E-state index contributed by atoms with van der Waals surface area (Å²) in [7, 11) is 0. The number of hydrogen-bond donors (Lipinski definition) is 0. The topological polar surface area (TPSA) is 38.8 Å². The molecule has 5 heteroatoms. The standard InChI is InChI=1S/C17H16ClNO3/c1-2-21-15-5-3-4-12(10-15)16-11-22-17(20)19(16)14-8-6-13(18)7-9-14/h3-10,16H,2,11H2,1H3. The fraction of sp³-hybridized carbons (Fsp3) is 0.235. The highest BCUT2D eigenvalue weighted by Gasteiger charge is 2.35. The van der Waals surface area contributed by atoms with Gasteiger partial charge in [-0.3, -0.25) is 4.90 Å². The smallest absolute Gasteiger partial charge is 0.415 e. The lowest BCUT2D eigenvalue weighted by atomic mass is 10.1. The fourth-order valence-corrected chi connectivity index (χ4v) is 2.66. The van der Waals surface area contributed by atoms with Crippen molar-refractivity contribution in [3.8, 4) is 5.75 Å². The summed E-state index contributed by atoms with van der Waals surface area (Å²) in [6, 6.07) is 14.7. The molecular formula is C17H16ClNO3. The lowest BCUT2D eigenvalue weighted by Gasteiger charge is -2.22. The molecule has 0 bridgehead atoms. The van der Waals surface area contributed by atoms with Crippen LogP contribution in [0, 0.1) is 0 Å². The maximum absolute atomic E-state index is 12.1. The molecule has 1 heterocycles.